The molecule has 0 bridgehead atoms. The van der Waals surface area contributed by atoms with Crippen LogP contribution in [0.3, 0.4) is 0 Å². The highest BCUT2D eigenvalue weighted by atomic mass is 16.2. The summed E-state index contributed by atoms with van der Waals surface area (Å²) in [5.41, 5.74) is 3.15. The van der Waals surface area contributed by atoms with Gasteiger partial charge >= 0.3 is 0 Å². The first-order valence-electron chi connectivity index (χ1n) is 9.88. The Morgan fingerprint density at radius 3 is 2.29 bits per heavy atom. The molecule has 0 radical (unpaired) electrons. The average molecular weight is 380 g/mol. The van der Waals surface area contributed by atoms with Crippen molar-refractivity contribution in [3.05, 3.63) is 59.7 Å². The SMILES string of the molecule is CC(C)=C(C(=O)NCc1ccc(C(=O)N2CCCCCC2)cc1)n1ccnc1. The molecule has 1 saturated heterocycles. The van der Waals surface area contributed by atoms with E-state index < -0.39 is 0 Å². The van der Waals surface area contributed by atoms with Gasteiger partial charge in [0.15, 0.2) is 0 Å². The number of allylic oxidation sites excluding steroid dienone is 1. The van der Waals surface area contributed by atoms with Gasteiger partial charge < -0.3 is 14.8 Å². The van der Waals surface area contributed by atoms with Crippen molar-refractivity contribution in [1.82, 2.24) is 19.8 Å². The number of amides is 2. The number of rotatable bonds is 5. The molecule has 1 N–H and O–H groups in total. The molecule has 3 rings (SSSR count). The molecule has 0 unspecified atom stereocenters. The molecule has 1 aliphatic heterocycles. The fraction of sp³-hybridized carbons (Fsp3) is 0.409. The van der Waals surface area contributed by atoms with E-state index in [0.29, 0.717) is 17.8 Å². The highest BCUT2D eigenvalue weighted by molar-refractivity contribution is 6.14. The molecule has 1 aromatic heterocycles. The fourth-order valence-corrected chi connectivity index (χ4v) is 3.48. The number of hydrogen-bond acceptors (Lipinski definition) is 3. The zero-order valence-electron chi connectivity index (χ0n) is 16.6. The lowest BCUT2D eigenvalue weighted by molar-refractivity contribution is -0.116. The van der Waals surface area contributed by atoms with E-state index in [2.05, 4.69) is 10.3 Å². The average Bonchev–Trinajstić information content (AvgIpc) is 3.07. The Morgan fingerprint density at radius 2 is 1.71 bits per heavy atom. The summed E-state index contributed by atoms with van der Waals surface area (Å²) < 4.78 is 1.72. The number of nitrogens with zero attached hydrogens (tertiary/aromatic N) is 3. The molecule has 0 spiro atoms. The van der Waals surface area contributed by atoms with Crippen LogP contribution in [0.4, 0.5) is 0 Å². The zero-order valence-corrected chi connectivity index (χ0v) is 16.6. The van der Waals surface area contributed by atoms with E-state index in [0.717, 1.165) is 37.1 Å². The van der Waals surface area contributed by atoms with Gasteiger partial charge in [-0.2, -0.15) is 0 Å². The van der Waals surface area contributed by atoms with Gasteiger partial charge in [0.2, 0.25) is 0 Å². The normalized spacial score (nSPS) is 14.3. The third-order valence-electron chi connectivity index (χ3n) is 5.00. The second-order valence-corrected chi connectivity index (χ2v) is 7.40. The van der Waals surface area contributed by atoms with Gasteiger partial charge in [-0.15, -0.1) is 0 Å². The first kappa shape index (κ1) is 19.9. The molecular weight excluding hydrogens is 352 g/mol. The van der Waals surface area contributed by atoms with Crippen LogP contribution >= 0.6 is 0 Å². The molecular formula is C22H28N4O2. The second-order valence-electron chi connectivity index (χ2n) is 7.40. The molecule has 2 aromatic rings. The minimum Gasteiger partial charge on any atom is -0.347 e. The van der Waals surface area contributed by atoms with Crippen LogP contribution in [-0.4, -0.2) is 39.4 Å². The van der Waals surface area contributed by atoms with Gasteiger partial charge in [0.25, 0.3) is 11.8 Å². The molecule has 0 atom stereocenters. The van der Waals surface area contributed by atoms with Crippen molar-refractivity contribution in [2.24, 2.45) is 0 Å². The lowest BCUT2D eigenvalue weighted by Crippen LogP contribution is -2.31. The topological polar surface area (TPSA) is 67.2 Å². The van der Waals surface area contributed by atoms with Crippen molar-refractivity contribution in [3.63, 3.8) is 0 Å². The Labute approximate surface area is 166 Å². The molecule has 6 nitrogen and oxygen atoms in total. The minimum absolute atomic E-state index is 0.101. The summed E-state index contributed by atoms with van der Waals surface area (Å²) in [7, 11) is 0. The number of carbonyl (C=O) groups excluding carboxylic acids is 2. The summed E-state index contributed by atoms with van der Waals surface area (Å²) in [6.45, 7) is 5.89. The number of imidazole rings is 1. The number of aromatic nitrogens is 2. The monoisotopic (exact) mass is 380 g/mol. The minimum atomic E-state index is -0.150. The maximum absolute atomic E-state index is 12.7. The van der Waals surface area contributed by atoms with Crippen LogP contribution in [-0.2, 0) is 11.3 Å². The molecule has 148 valence electrons. The van der Waals surface area contributed by atoms with Gasteiger partial charge in [0.1, 0.15) is 5.70 Å². The van der Waals surface area contributed by atoms with E-state index in [9.17, 15) is 9.59 Å². The zero-order chi connectivity index (χ0) is 19.9. The van der Waals surface area contributed by atoms with Crippen molar-refractivity contribution in [2.75, 3.05) is 13.1 Å². The predicted molar refractivity (Wildman–Crippen MR) is 109 cm³/mol. The number of benzene rings is 1. The molecule has 2 heterocycles. The molecule has 1 aliphatic rings. The first-order chi connectivity index (χ1) is 13.6. The second kappa shape index (κ2) is 9.35. The Hall–Kier alpha value is -2.89. The van der Waals surface area contributed by atoms with Crippen molar-refractivity contribution >= 4 is 17.5 Å². The Kier molecular flexibility index (Phi) is 6.63. The van der Waals surface area contributed by atoms with Crippen LogP contribution in [0.1, 0.15) is 55.5 Å². The van der Waals surface area contributed by atoms with Gasteiger partial charge in [0.05, 0.1) is 6.33 Å². The summed E-state index contributed by atoms with van der Waals surface area (Å²) in [6, 6.07) is 7.52. The van der Waals surface area contributed by atoms with E-state index in [1.165, 1.54) is 12.8 Å². The van der Waals surface area contributed by atoms with E-state index >= 15 is 0 Å². The van der Waals surface area contributed by atoms with E-state index in [1.807, 2.05) is 43.0 Å². The molecule has 1 fully saturated rings. The molecule has 28 heavy (non-hydrogen) atoms. The Balaban J connectivity index is 1.60. The van der Waals surface area contributed by atoms with Crippen LogP contribution < -0.4 is 5.32 Å². The molecule has 6 heteroatoms. The molecule has 2 amide bonds. The van der Waals surface area contributed by atoms with Crippen molar-refractivity contribution in [1.29, 1.82) is 0 Å². The number of likely N-dealkylation sites (tertiary alicyclic amines) is 1. The van der Waals surface area contributed by atoms with Crippen LogP contribution in [0.5, 0.6) is 0 Å². The highest BCUT2D eigenvalue weighted by Crippen LogP contribution is 2.15. The van der Waals surface area contributed by atoms with Gasteiger partial charge in [0, 0.05) is 37.6 Å². The lowest BCUT2D eigenvalue weighted by Gasteiger charge is -2.20. The van der Waals surface area contributed by atoms with E-state index in [-0.39, 0.29) is 11.8 Å². The summed E-state index contributed by atoms with van der Waals surface area (Å²) in [6.07, 6.45) is 9.59. The number of carbonyl (C=O) groups is 2. The number of nitrogens with one attached hydrogen (secondary N) is 1. The quantitative estimate of drug-likeness (QED) is 0.808. The van der Waals surface area contributed by atoms with Gasteiger partial charge in [-0.1, -0.05) is 25.0 Å². The Bertz CT molecular complexity index is 826. The largest absolute Gasteiger partial charge is 0.347 e. The summed E-state index contributed by atoms with van der Waals surface area (Å²) >= 11 is 0. The van der Waals surface area contributed by atoms with Crippen LogP contribution in [0.15, 0.2) is 48.6 Å². The van der Waals surface area contributed by atoms with Crippen molar-refractivity contribution in [3.8, 4) is 0 Å². The molecule has 0 aliphatic carbocycles. The first-order valence-corrected chi connectivity index (χ1v) is 9.88. The van der Waals surface area contributed by atoms with Crippen molar-refractivity contribution < 1.29 is 9.59 Å². The standard InChI is InChI=1S/C22H28N4O2/c1-17(2)20(26-14-11-23-16-26)21(27)24-15-18-7-9-19(10-8-18)22(28)25-12-5-3-4-6-13-25/h7-11,14,16H,3-6,12-13,15H2,1-2H3,(H,24,27). The van der Waals surface area contributed by atoms with Crippen molar-refractivity contribution in [2.45, 2.75) is 46.1 Å². The highest BCUT2D eigenvalue weighted by Gasteiger charge is 2.17. The summed E-state index contributed by atoms with van der Waals surface area (Å²) in [5, 5.41) is 2.95. The van der Waals surface area contributed by atoms with Gasteiger partial charge in [-0.3, -0.25) is 9.59 Å². The van der Waals surface area contributed by atoms with E-state index in [1.54, 1.807) is 23.3 Å². The maximum atomic E-state index is 12.7. The lowest BCUT2D eigenvalue weighted by atomic mass is 10.1. The van der Waals surface area contributed by atoms with Gasteiger partial charge in [-0.05, 0) is 50.0 Å². The third kappa shape index (κ3) is 4.88. The Morgan fingerprint density at radius 1 is 1.04 bits per heavy atom. The molecule has 0 saturated carbocycles. The van der Waals surface area contributed by atoms with Gasteiger partial charge in [-0.25, -0.2) is 4.98 Å². The third-order valence-corrected chi connectivity index (χ3v) is 5.00. The van der Waals surface area contributed by atoms with Crippen LogP contribution in [0.25, 0.3) is 5.70 Å². The maximum Gasteiger partial charge on any atom is 0.268 e. The van der Waals surface area contributed by atoms with Crippen LogP contribution in [0.2, 0.25) is 0 Å². The van der Waals surface area contributed by atoms with Crippen LogP contribution in [0, 0.1) is 0 Å². The summed E-state index contributed by atoms with van der Waals surface area (Å²) in [4.78, 5) is 31.2. The summed E-state index contributed by atoms with van der Waals surface area (Å²) in [5.74, 6) is -0.0489. The number of hydrogen-bond donors (Lipinski definition) is 1. The predicted octanol–water partition coefficient (Wildman–Crippen LogP) is 3.47. The van der Waals surface area contributed by atoms with E-state index in [4.69, 9.17) is 0 Å². The molecule has 1 aromatic carbocycles. The fourth-order valence-electron chi connectivity index (χ4n) is 3.48. The smallest absolute Gasteiger partial charge is 0.268 e.